The van der Waals surface area contributed by atoms with Gasteiger partial charge in [-0.25, -0.2) is 18.1 Å². The van der Waals surface area contributed by atoms with Crippen LogP contribution in [0, 0.1) is 0 Å². The van der Waals surface area contributed by atoms with Gasteiger partial charge in [0.25, 0.3) is 0 Å². The Morgan fingerprint density at radius 3 is 2.57 bits per heavy atom. The van der Waals surface area contributed by atoms with E-state index in [0.29, 0.717) is 6.42 Å². The van der Waals surface area contributed by atoms with Crippen molar-refractivity contribution in [3.63, 3.8) is 0 Å². The number of nitrogens with one attached hydrogen (secondary N) is 1. The van der Waals surface area contributed by atoms with Crippen molar-refractivity contribution < 1.29 is 8.42 Å². The van der Waals surface area contributed by atoms with Gasteiger partial charge in [-0.2, -0.15) is 0 Å². The smallest absolute Gasteiger partial charge is 0.243 e. The Balaban J connectivity index is 1.99. The van der Waals surface area contributed by atoms with E-state index in [0.717, 1.165) is 6.42 Å². The summed E-state index contributed by atoms with van der Waals surface area (Å²) in [6.45, 7) is 1.84. The molecular formula is C15H17ClN2O2S. The second-order valence-corrected chi connectivity index (χ2v) is 6.88. The van der Waals surface area contributed by atoms with Crippen molar-refractivity contribution in [3.8, 4) is 0 Å². The first-order valence-electron chi connectivity index (χ1n) is 6.66. The zero-order valence-electron chi connectivity index (χ0n) is 11.7. The molecule has 1 atom stereocenters. The van der Waals surface area contributed by atoms with Crippen LogP contribution in [0.1, 0.15) is 18.9 Å². The van der Waals surface area contributed by atoms with Crippen LogP contribution in [0.2, 0.25) is 5.15 Å². The summed E-state index contributed by atoms with van der Waals surface area (Å²) in [6, 6.07) is 12.8. The number of pyridine rings is 1. The molecule has 0 aliphatic rings. The summed E-state index contributed by atoms with van der Waals surface area (Å²) in [4.78, 5) is 3.80. The largest absolute Gasteiger partial charge is 0.243 e. The summed E-state index contributed by atoms with van der Waals surface area (Å²) < 4.78 is 27.1. The van der Waals surface area contributed by atoms with Crippen LogP contribution in [-0.2, 0) is 16.4 Å². The Labute approximate surface area is 130 Å². The minimum Gasteiger partial charge on any atom is -0.243 e. The van der Waals surface area contributed by atoms with E-state index in [2.05, 4.69) is 9.71 Å². The zero-order valence-corrected chi connectivity index (χ0v) is 13.2. The van der Waals surface area contributed by atoms with Crippen molar-refractivity contribution in [3.05, 3.63) is 59.4 Å². The molecule has 0 aliphatic heterocycles. The van der Waals surface area contributed by atoms with Crippen LogP contribution in [0.5, 0.6) is 0 Å². The molecule has 0 aliphatic carbocycles. The molecule has 1 N–H and O–H groups in total. The third kappa shape index (κ3) is 4.52. The highest BCUT2D eigenvalue weighted by molar-refractivity contribution is 7.89. The van der Waals surface area contributed by atoms with Crippen molar-refractivity contribution in [2.24, 2.45) is 0 Å². The molecule has 2 rings (SSSR count). The van der Waals surface area contributed by atoms with Crippen LogP contribution in [0.4, 0.5) is 0 Å². The summed E-state index contributed by atoms with van der Waals surface area (Å²) >= 11 is 5.83. The molecule has 0 amide bonds. The summed E-state index contributed by atoms with van der Waals surface area (Å²) in [5.41, 5.74) is 1.18. The number of nitrogens with zero attached hydrogens (tertiary/aromatic N) is 1. The van der Waals surface area contributed by atoms with Crippen LogP contribution in [0.25, 0.3) is 0 Å². The topological polar surface area (TPSA) is 59.1 Å². The Kier molecular flexibility index (Phi) is 5.33. The summed E-state index contributed by atoms with van der Waals surface area (Å²) in [6.07, 6.45) is 2.98. The van der Waals surface area contributed by atoms with Crippen molar-refractivity contribution in [2.45, 2.75) is 30.7 Å². The fourth-order valence-electron chi connectivity index (χ4n) is 1.99. The first-order valence-corrected chi connectivity index (χ1v) is 8.52. The molecule has 2 aromatic rings. The standard InChI is InChI=1S/C15H17ClN2O2S/c1-12(9-10-13-6-3-2-4-7-13)18-21(19,20)14-8-5-11-17-15(14)16/h2-8,11-12,18H,9-10H2,1H3. The van der Waals surface area contributed by atoms with Gasteiger partial charge in [0.05, 0.1) is 0 Å². The highest BCUT2D eigenvalue weighted by Crippen LogP contribution is 2.18. The molecule has 0 fully saturated rings. The van der Waals surface area contributed by atoms with Crippen LogP contribution < -0.4 is 4.72 Å². The molecule has 0 spiro atoms. The monoisotopic (exact) mass is 324 g/mol. The van der Waals surface area contributed by atoms with Gasteiger partial charge in [0, 0.05) is 12.2 Å². The normalized spacial score (nSPS) is 13.0. The maximum Gasteiger partial charge on any atom is 0.243 e. The Morgan fingerprint density at radius 2 is 1.90 bits per heavy atom. The highest BCUT2D eigenvalue weighted by atomic mass is 35.5. The van der Waals surface area contributed by atoms with Crippen molar-refractivity contribution >= 4 is 21.6 Å². The predicted octanol–water partition coefficient (Wildman–Crippen LogP) is 3.03. The van der Waals surface area contributed by atoms with E-state index >= 15 is 0 Å². The summed E-state index contributed by atoms with van der Waals surface area (Å²) in [7, 11) is -3.64. The number of hydrogen-bond donors (Lipinski definition) is 1. The number of benzene rings is 1. The maximum atomic E-state index is 12.2. The van der Waals surface area contributed by atoms with Crippen LogP contribution in [0.15, 0.2) is 53.6 Å². The minimum absolute atomic E-state index is 0.0122. The molecule has 0 saturated carbocycles. The summed E-state index contributed by atoms with van der Waals surface area (Å²) in [5, 5.41) is -0.0136. The fourth-order valence-corrected chi connectivity index (χ4v) is 3.72. The van der Waals surface area contributed by atoms with Gasteiger partial charge in [-0.3, -0.25) is 0 Å². The molecule has 1 aromatic carbocycles. The fraction of sp³-hybridized carbons (Fsp3) is 0.267. The van der Waals surface area contributed by atoms with Crippen LogP contribution in [0.3, 0.4) is 0 Å². The van der Waals surface area contributed by atoms with Crippen LogP contribution >= 0.6 is 11.6 Å². The van der Waals surface area contributed by atoms with Crippen molar-refractivity contribution in [1.82, 2.24) is 9.71 Å². The molecule has 1 unspecified atom stereocenters. The van der Waals surface area contributed by atoms with Gasteiger partial charge in [0.15, 0.2) is 0 Å². The van der Waals surface area contributed by atoms with E-state index < -0.39 is 10.0 Å². The average molecular weight is 325 g/mol. The van der Waals surface area contributed by atoms with E-state index in [9.17, 15) is 8.42 Å². The van der Waals surface area contributed by atoms with E-state index in [1.165, 1.54) is 17.8 Å². The predicted molar refractivity (Wildman–Crippen MR) is 83.8 cm³/mol. The van der Waals surface area contributed by atoms with Gasteiger partial charge in [-0.05, 0) is 37.5 Å². The van der Waals surface area contributed by atoms with Gasteiger partial charge in [0.1, 0.15) is 10.0 Å². The maximum absolute atomic E-state index is 12.2. The molecule has 6 heteroatoms. The first kappa shape index (κ1) is 15.9. The third-order valence-electron chi connectivity index (χ3n) is 3.08. The van der Waals surface area contributed by atoms with Gasteiger partial charge in [0.2, 0.25) is 10.0 Å². The first-order chi connectivity index (χ1) is 9.99. The number of sulfonamides is 1. The average Bonchev–Trinajstić information content (AvgIpc) is 2.46. The van der Waals surface area contributed by atoms with E-state index in [-0.39, 0.29) is 16.1 Å². The van der Waals surface area contributed by atoms with Crippen molar-refractivity contribution in [1.29, 1.82) is 0 Å². The molecule has 21 heavy (non-hydrogen) atoms. The highest BCUT2D eigenvalue weighted by Gasteiger charge is 2.20. The lowest BCUT2D eigenvalue weighted by molar-refractivity contribution is 0.546. The zero-order chi connectivity index (χ0) is 15.3. The lowest BCUT2D eigenvalue weighted by Crippen LogP contribution is -2.33. The third-order valence-corrected chi connectivity index (χ3v) is 5.11. The molecule has 0 radical (unpaired) electrons. The molecule has 0 bridgehead atoms. The molecule has 0 saturated heterocycles. The van der Waals surface area contributed by atoms with Crippen LogP contribution in [-0.4, -0.2) is 19.4 Å². The van der Waals surface area contributed by atoms with Gasteiger partial charge in [-0.1, -0.05) is 41.9 Å². The lowest BCUT2D eigenvalue weighted by Gasteiger charge is -2.14. The number of aromatic nitrogens is 1. The number of rotatable bonds is 6. The van der Waals surface area contributed by atoms with E-state index in [1.807, 2.05) is 37.3 Å². The number of hydrogen-bond acceptors (Lipinski definition) is 3. The van der Waals surface area contributed by atoms with E-state index in [1.54, 1.807) is 6.07 Å². The molecule has 1 heterocycles. The molecule has 4 nitrogen and oxygen atoms in total. The number of aryl methyl sites for hydroxylation is 1. The van der Waals surface area contributed by atoms with Gasteiger partial charge in [-0.15, -0.1) is 0 Å². The molecule has 112 valence electrons. The Bertz CT molecular complexity index is 690. The summed E-state index contributed by atoms with van der Waals surface area (Å²) in [5.74, 6) is 0. The van der Waals surface area contributed by atoms with Gasteiger partial charge >= 0.3 is 0 Å². The second-order valence-electron chi connectivity index (χ2n) is 4.84. The molecular weight excluding hydrogens is 308 g/mol. The Hall–Kier alpha value is -1.43. The van der Waals surface area contributed by atoms with Crippen molar-refractivity contribution in [2.75, 3.05) is 0 Å². The number of halogens is 1. The van der Waals surface area contributed by atoms with Gasteiger partial charge < -0.3 is 0 Å². The van der Waals surface area contributed by atoms with E-state index in [4.69, 9.17) is 11.6 Å². The SMILES string of the molecule is CC(CCc1ccccc1)NS(=O)(=O)c1cccnc1Cl. The molecule has 1 aromatic heterocycles. The quantitative estimate of drug-likeness (QED) is 0.831. The Morgan fingerprint density at radius 1 is 1.19 bits per heavy atom. The lowest BCUT2D eigenvalue weighted by atomic mass is 10.1. The second kappa shape index (κ2) is 7.02. The minimum atomic E-state index is -3.64.